The van der Waals surface area contributed by atoms with Gasteiger partial charge in [-0.05, 0) is 74.6 Å². The molecule has 4 rings (SSSR count). The first-order valence-electron chi connectivity index (χ1n) is 11.0. The van der Waals surface area contributed by atoms with Crippen LogP contribution >= 0.6 is 0 Å². The number of alkyl halides is 2. The molecule has 2 aliphatic rings. The van der Waals surface area contributed by atoms with Gasteiger partial charge < -0.3 is 21.1 Å². The van der Waals surface area contributed by atoms with Gasteiger partial charge in [0.15, 0.2) is 0 Å². The number of piperidine rings is 1. The van der Waals surface area contributed by atoms with Gasteiger partial charge in [-0.1, -0.05) is 0 Å². The van der Waals surface area contributed by atoms with Crippen LogP contribution in [0.3, 0.4) is 0 Å². The number of aryl methyl sites for hydroxylation is 1. The third-order valence-electron chi connectivity index (χ3n) is 6.72. The molecule has 2 saturated heterocycles. The van der Waals surface area contributed by atoms with Crippen LogP contribution in [0.2, 0.25) is 0 Å². The van der Waals surface area contributed by atoms with Crippen molar-refractivity contribution in [3.63, 3.8) is 0 Å². The molecule has 2 aromatic rings. The van der Waals surface area contributed by atoms with Gasteiger partial charge >= 0.3 is 5.92 Å². The number of fused-ring (bicyclic) bond motifs is 2. The van der Waals surface area contributed by atoms with Crippen LogP contribution in [-0.2, 0) is 10.7 Å². The summed E-state index contributed by atoms with van der Waals surface area (Å²) in [6.45, 7) is 1.45. The lowest BCUT2D eigenvalue weighted by Gasteiger charge is -2.44. The molecule has 4 N–H and O–H groups in total. The number of nitrogens with two attached hydrogens (primary N) is 1. The molecule has 0 radical (unpaired) electrons. The highest BCUT2D eigenvalue weighted by Crippen LogP contribution is 2.44. The predicted molar refractivity (Wildman–Crippen MR) is 116 cm³/mol. The van der Waals surface area contributed by atoms with Gasteiger partial charge in [0.25, 0.3) is 11.8 Å². The molecule has 2 amide bonds. The smallest absolute Gasteiger partial charge is 0.352 e. The Kier molecular flexibility index (Phi) is 6.15. The molecule has 10 heteroatoms. The van der Waals surface area contributed by atoms with Gasteiger partial charge in [-0.15, -0.1) is 0 Å². The first kappa shape index (κ1) is 24.2. The molecule has 2 fully saturated rings. The van der Waals surface area contributed by atoms with Crippen LogP contribution in [0.1, 0.15) is 47.2 Å². The molecule has 0 aromatic heterocycles. The quantitative estimate of drug-likeness (QED) is 0.573. The average Bonchev–Trinajstić information content (AvgIpc) is 3.07. The number of nitrogens with one attached hydrogen (secondary N) is 1. The second kappa shape index (κ2) is 8.66. The number of anilines is 1. The SMILES string of the molecule is Cc1cc(NC(=O)c2ccc(F)c(C(F)(F)C(=O)N3[C@@H]4CC[C@H]3CC(O)(CN)C4)c2)ccc1F. The Bertz CT molecular complexity index is 1130. The molecule has 2 aliphatic heterocycles. The van der Waals surface area contributed by atoms with Crippen LogP contribution in [0.5, 0.6) is 0 Å². The molecule has 0 aliphatic carbocycles. The number of hydrogen-bond acceptors (Lipinski definition) is 4. The van der Waals surface area contributed by atoms with Gasteiger partial charge in [0.05, 0.1) is 11.2 Å². The molecular weight excluding hydrogens is 454 g/mol. The maximum Gasteiger partial charge on any atom is 0.352 e. The lowest BCUT2D eigenvalue weighted by molar-refractivity contribution is -0.168. The Hall–Kier alpha value is -2.98. The maximum absolute atomic E-state index is 15.3. The summed E-state index contributed by atoms with van der Waals surface area (Å²) in [6, 6.07) is 4.95. The summed E-state index contributed by atoms with van der Waals surface area (Å²) in [6.07, 6.45) is 1.03. The van der Waals surface area contributed by atoms with Crippen LogP contribution in [0.15, 0.2) is 36.4 Å². The number of carbonyl (C=O) groups is 2. The standard InChI is InChI=1S/C24H25F4N3O3/c1-13-8-15(3-7-19(13)25)30-21(32)14-2-6-20(26)18(9-14)24(27,28)22(33)31-16-4-5-17(31)11-23(34,10-16)12-29/h2-3,6-9,16-17,34H,4-5,10-12,29H2,1H3,(H,30,32)/t16-,17+,23?. The highest BCUT2D eigenvalue weighted by molar-refractivity contribution is 6.04. The van der Waals surface area contributed by atoms with Crippen molar-refractivity contribution in [2.45, 2.75) is 56.2 Å². The maximum atomic E-state index is 15.3. The molecule has 0 spiro atoms. The van der Waals surface area contributed by atoms with E-state index in [9.17, 15) is 23.5 Å². The topological polar surface area (TPSA) is 95.7 Å². The summed E-state index contributed by atoms with van der Waals surface area (Å²) in [5.41, 5.74) is 3.40. The van der Waals surface area contributed by atoms with Crippen LogP contribution in [0, 0.1) is 18.6 Å². The third kappa shape index (κ3) is 4.27. The average molecular weight is 479 g/mol. The predicted octanol–water partition coefficient (Wildman–Crippen LogP) is 3.46. The van der Waals surface area contributed by atoms with E-state index in [1.807, 2.05) is 0 Å². The summed E-state index contributed by atoms with van der Waals surface area (Å²) in [7, 11) is 0. The minimum absolute atomic E-state index is 0.0439. The van der Waals surface area contributed by atoms with Gasteiger partial charge in [0.2, 0.25) is 0 Å². The van der Waals surface area contributed by atoms with Gasteiger partial charge in [0.1, 0.15) is 11.6 Å². The first-order chi connectivity index (χ1) is 15.9. The van der Waals surface area contributed by atoms with Crippen molar-refractivity contribution in [1.29, 1.82) is 0 Å². The van der Waals surface area contributed by atoms with E-state index in [4.69, 9.17) is 5.73 Å². The summed E-state index contributed by atoms with van der Waals surface area (Å²) < 4.78 is 58.6. The zero-order valence-corrected chi connectivity index (χ0v) is 18.5. The molecule has 0 saturated carbocycles. The summed E-state index contributed by atoms with van der Waals surface area (Å²) in [4.78, 5) is 26.6. The van der Waals surface area contributed by atoms with Crippen molar-refractivity contribution in [3.05, 3.63) is 64.7 Å². The van der Waals surface area contributed by atoms with Crippen molar-refractivity contribution in [2.75, 3.05) is 11.9 Å². The minimum Gasteiger partial charge on any atom is -0.388 e. The van der Waals surface area contributed by atoms with Crippen LogP contribution in [0.25, 0.3) is 0 Å². The van der Waals surface area contributed by atoms with E-state index < -0.39 is 52.6 Å². The third-order valence-corrected chi connectivity index (χ3v) is 6.72. The fraction of sp³-hybridized carbons (Fsp3) is 0.417. The van der Waals surface area contributed by atoms with Crippen LogP contribution < -0.4 is 11.1 Å². The van der Waals surface area contributed by atoms with E-state index in [0.29, 0.717) is 25.0 Å². The normalized spacial score (nSPS) is 24.3. The zero-order valence-electron chi connectivity index (χ0n) is 18.5. The van der Waals surface area contributed by atoms with Crippen molar-refractivity contribution >= 4 is 17.5 Å². The second-order valence-electron chi connectivity index (χ2n) is 9.12. The molecular formula is C24H25F4N3O3. The zero-order chi connectivity index (χ0) is 24.8. The summed E-state index contributed by atoms with van der Waals surface area (Å²) in [5, 5.41) is 12.9. The number of halogens is 4. The van der Waals surface area contributed by atoms with Crippen LogP contribution in [-0.4, -0.2) is 46.1 Å². The Labute approximate surface area is 193 Å². The Morgan fingerprint density at radius 1 is 1.12 bits per heavy atom. The van der Waals surface area contributed by atoms with E-state index in [1.54, 1.807) is 0 Å². The molecule has 1 unspecified atom stereocenters. The van der Waals surface area contributed by atoms with Gasteiger partial charge in [-0.25, -0.2) is 8.78 Å². The number of benzene rings is 2. The van der Waals surface area contributed by atoms with E-state index in [-0.39, 0.29) is 36.2 Å². The fourth-order valence-electron chi connectivity index (χ4n) is 4.93. The van der Waals surface area contributed by atoms with Crippen molar-refractivity contribution in [2.24, 2.45) is 5.73 Å². The van der Waals surface area contributed by atoms with Crippen molar-refractivity contribution in [1.82, 2.24) is 4.90 Å². The lowest BCUT2D eigenvalue weighted by Crippen LogP contribution is -2.58. The van der Waals surface area contributed by atoms with Gasteiger partial charge in [-0.2, -0.15) is 8.78 Å². The summed E-state index contributed by atoms with van der Waals surface area (Å²) in [5.74, 6) is -8.41. The largest absolute Gasteiger partial charge is 0.388 e. The molecule has 2 heterocycles. The highest BCUT2D eigenvalue weighted by atomic mass is 19.3. The Morgan fingerprint density at radius 2 is 1.74 bits per heavy atom. The number of nitrogens with zero attached hydrogens (tertiary/aromatic N) is 1. The molecule has 34 heavy (non-hydrogen) atoms. The Balaban J connectivity index is 1.58. The minimum atomic E-state index is -4.23. The molecule has 182 valence electrons. The Morgan fingerprint density at radius 3 is 2.32 bits per heavy atom. The fourth-order valence-corrected chi connectivity index (χ4v) is 4.93. The van der Waals surface area contributed by atoms with E-state index in [2.05, 4.69) is 5.32 Å². The van der Waals surface area contributed by atoms with Gasteiger partial charge in [0, 0.05) is 29.9 Å². The highest BCUT2D eigenvalue weighted by Gasteiger charge is 2.55. The van der Waals surface area contributed by atoms with Crippen molar-refractivity contribution < 1.29 is 32.3 Å². The number of rotatable bonds is 5. The number of carbonyl (C=O) groups excluding carboxylic acids is 2. The van der Waals surface area contributed by atoms with Crippen LogP contribution in [0.4, 0.5) is 23.2 Å². The summed E-state index contributed by atoms with van der Waals surface area (Å²) >= 11 is 0. The molecule has 3 atom stereocenters. The second-order valence-corrected chi connectivity index (χ2v) is 9.12. The van der Waals surface area contributed by atoms with Crippen molar-refractivity contribution in [3.8, 4) is 0 Å². The van der Waals surface area contributed by atoms with E-state index in [0.717, 1.165) is 17.0 Å². The van der Waals surface area contributed by atoms with E-state index >= 15 is 8.78 Å². The van der Waals surface area contributed by atoms with E-state index in [1.165, 1.54) is 19.1 Å². The number of amides is 2. The first-order valence-corrected chi connectivity index (χ1v) is 11.0. The number of hydrogen-bond donors (Lipinski definition) is 3. The van der Waals surface area contributed by atoms with Gasteiger partial charge in [-0.3, -0.25) is 9.59 Å². The monoisotopic (exact) mass is 479 g/mol. The molecule has 6 nitrogen and oxygen atoms in total. The molecule has 2 aromatic carbocycles. The lowest BCUT2D eigenvalue weighted by atomic mass is 9.85. The molecule has 2 bridgehead atoms. The number of aliphatic hydroxyl groups is 1.